The molecular weight excluding hydrogens is 541 g/mol. The number of benzene rings is 2. The van der Waals surface area contributed by atoms with Gasteiger partial charge in [0.2, 0.25) is 21.8 Å². The van der Waals surface area contributed by atoms with Crippen molar-refractivity contribution in [3.05, 3.63) is 52.0 Å². The van der Waals surface area contributed by atoms with E-state index < -0.39 is 16.1 Å². The first kappa shape index (κ1) is 28.9. The molecule has 0 spiro atoms. The van der Waals surface area contributed by atoms with Gasteiger partial charge in [-0.25, -0.2) is 8.42 Å². The van der Waals surface area contributed by atoms with E-state index in [0.717, 1.165) is 6.26 Å². The van der Waals surface area contributed by atoms with Crippen LogP contribution in [0.25, 0.3) is 0 Å². The van der Waals surface area contributed by atoms with Crippen LogP contribution in [0, 0.1) is 0 Å². The first-order valence-corrected chi connectivity index (χ1v) is 14.5. The molecule has 0 saturated heterocycles. The Hall–Kier alpha value is -2.69. The molecule has 1 N–H and O–H groups in total. The molecule has 0 bridgehead atoms. The van der Waals surface area contributed by atoms with E-state index in [4.69, 9.17) is 32.7 Å². The number of amides is 2. The summed E-state index contributed by atoms with van der Waals surface area (Å²) in [6, 6.07) is 9.12. The van der Waals surface area contributed by atoms with Crippen molar-refractivity contribution >= 4 is 50.7 Å². The van der Waals surface area contributed by atoms with Crippen LogP contribution >= 0.6 is 23.2 Å². The fraction of sp³-hybridized carbons (Fsp3) is 0.440. The molecule has 1 aliphatic heterocycles. The Morgan fingerprint density at radius 2 is 1.78 bits per heavy atom. The number of sulfonamides is 1. The van der Waals surface area contributed by atoms with Crippen LogP contribution in [0.1, 0.15) is 32.3 Å². The van der Waals surface area contributed by atoms with E-state index in [-0.39, 0.29) is 37.7 Å². The summed E-state index contributed by atoms with van der Waals surface area (Å²) in [5.41, 5.74) is 1.06. The van der Waals surface area contributed by atoms with Gasteiger partial charge in [0, 0.05) is 42.2 Å². The Morgan fingerprint density at radius 3 is 2.43 bits per heavy atom. The molecule has 202 valence electrons. The monoisotopic (exact) mass is 571 g/mol. The minimum absolute atomic E-state index is 0.0194. The van der Waals surface area contributed by atoms with Crippen molar-refractivity contribution in [3.63, 3.8) is 0 Å². The molecule has 2 aromatic rings. The molecule has 0 aromatic heterocycles. The molecule has 1 atom stereocenters. The third-order valence-electron chi connectivity index (χ3n) is 5.84. The summed E-state index contributed by atoms with van der Waals surface area (Å²) < 4.78 is 37.5. The van der Waals surface area contributed by atoms with Crippen LogP contribution in [-0.4, -0.2) is 63.7 Å². The topological polar surface area (TPSA) is 105 Å². The van der Waals surface area contributed by atoms with E-state index in [1.807, 2.05) is 0 Å². The molecule has 2 amide bonds. The lowest BCUT2D eigenvalue weighted by Gasteiger charge is -2.30. The molecule has 0 saturated carbocycles. The number of nitrogens with one attached hydrogen (secondary N) is 1. The third-order valence-corrected chi connectivity index (χ3v) is 7.62. The molecule has 37 heavy (non-hydrogen) atoms. The molecule has 1 aliphatic rings. The summed E-state index contributed by atoms with van der Waals surface area (Å²) in [6.45, 7) is 4.83. The van der Waals surface area contributed by atoms with Gasteiger partial charge in [-0.2, -0.15) is 0 Å². The minimum Gasteiger partial charge on any atom is -0.486 e. The fourth-order valence-corrected chi connectivity index (χ4v) is 5.35. The molecule has 0 aliphatic carbocycles. The molecule has 0 unspecified atom stereocenters. The average Bonchev–Trinajstić information content (AvgIpc) is 2.84. The van der Waals surface area contributed by atoms with E-state index in [2.05, 4.69) is 5.32 Å². The quantitative estimate of drug-likeness (QED) is 0.439. The third kappa shape index (κ3) is 7.66. The Bertz CT molecular complexity index is 1240. The number of halogens is 2. The highest BCUT2D eigenvalue weighted by molar-refractivity contribution is 7.92. The molecule has 0 fully saturated rings. The van der Waals surface area contributed by atoms with E-state index in [1.54, 1.807) is 50.2 Å². The lowest BCUT2D eigenvalue weighted by atomic mass is 10.1. The van der Waals surface area contributed by atoms with Crippen molar-refractivity contribution in [2.24, 2.45) is 0 Å². The van der Waals surface area contributed by atoms with Gasteiger partial charge in [-0.1, -0.05) is 29.3 Å². The highest BCUT2D eigenvalue weighted by Gasteiger charge is 2.27. The number of ether oxygens (including phenoxy) is 2. The van der Waals surface area contributed by atoms with Crippen molar-refractivity contribution in [2.75, 3.05) is 36.9 Å². The number of hydrogen-bond acceptors (Lipinski definition) is 6. The Balaban J connectivity index is 1.75. The van der Waals surface area contributed by atoms with Crippen molar-refractivity contribution in [3.8, 4) is 11.5 Å². The standard InChI is InChI=1S/C25H31Cl2N3O6S/c1-4-28-25(32)17(2)29(16-18-7-8-19(26)14-21(18)27)24(31)6-5-11-30(37(3,33)34)20-9-10-22-23(15-20)36-13-12-35-22/h7-10,14-15,17H,4-6,11-13,16H2,1-3H3,(H,28,32)/t17-/m0/s1. The summed E-state index contributed by atoms with van der Waals surface area (Å²) in [4.78, 5) is 27.3. The van der Waals surface area contributed by atoms with E-state index >= 15 is 0 Å². The maximum absolute atomic E-state index is 13.3. The maximum atomic E-state index is 13.3. The van der Waals surface area contributed by atoms with Crippen LogP contribution in [0.5, 0.6) is 11.5 Å². The molecule has 1 heterocycles. The fourth-order valence-electron chi connectivity index (χ4n) is 3.93. The van der Waals surface area contributed by atoms with Crippen LogP contribution in [0.15, 0.2) is 36.4 Å². The van der Waals surface area contributed by atoms with Crippen LogP contribution < -0.4 is 19.1 Å². The summed E-state index contributed by atoms with van der Waals surface area (Å²) in [5.74, 6) is 0.417. The zero-order chi connectivity index (χ0) is 27.2. The van der Waals surface area contributed by atoms with Gasteiger partial charge in [-0.3, -0.25) is 13.9 Å². The lowest BCUT2D eigenvalue weighted by molar-refractivity contribution is -0.140. The Labute approximate surface area is 227 Å². The maximum Gasteiger partial charge on any atom is 0.242 e. The smallest absolute Gasteiger partial charge is 0.242 e. The zero-order valence-corrected chi connectivity index (χ0v) is 23.3. The predicted octanol–water partition coefficient (Wildman–Crippen LogP) is 3.86. The number of hydrogen-bond donors (Lipinski definition) is 1. The summed E-state index contributed by atoms with van der Waals surface area (Å²) in [6.07, 6.45) is 1.36. The summed E-state index contributed by atoms with van der Waals surface area (Å²) in [5, 5.41) is 3.58. The highest BCUT2D eigenvalue weighted by atomic mass is 35.5. The van der Waals surface area contributed by atoms with Crippen molar-refractivity contribution in [1.29, 1.82) is 0 Å². The van der Waals surface area contributed by atoms with Gasteiger partial charge in [0.15, 0.2) is 11.5 Å². The van der Waals surface area contributed by atoms with Gasteiger partial charge in [-0.05, 0) is 50.1 Å². The van der Waals surface area contributed by atoms with Crippen molar-refractivity contribution < 1.29 is 27.5 Å². The van der Waals surface area contributed by atoms with Gasteiger partial charge < -0.3 is 19.7 Å². The number of likely N-dealkylation sites (N-methyl/N-ethyl adjacent to an activating group) is 1. The number of carbonyl (C=O) groups excluding carboxylic acids is 2. The van der Waals surface area contributed by atoms with Crippen LogP contribution in [0.2, 0.25) is 10.0 Å². The number of rotatable bonds is 11. The lowest BCUT2D eigenvalue weighted by Crippen LogP contribution is -2.47. The minimum atomic E-state index is -3.64. The van der Waals surface area contributed by atoms with Gasteiger partial charge in [-0.15, -0.1) is 0 Å². The molecule has 3 rings (SSSR count). The van der Waals surface area contributed by atoms with E-state index in [9.17, 15) is 18.0 Å². The molecular formula is C25H31Cl2N3O6S. The molecule has 12 heteroatoms. The second-order valence-corrected chi connectivity index (χ2v) is 11.3. The number of carbonyl (C=O) groups is 2. The first-order chi connectivity index (χ1) is 17.5. The van der Waals surface area contributed by atoms with Gasteiger partial charge in [0.05, 0.1) is 11.9 Å². The summed E-state index contributed by atoms with van der Waals surface area (Å²) >= 11 is 12.3. The highest BCUT2D eigenvalue weighted by Crippen LogP contribution is 2.35. The second-order valence-electron chi connectivity index (χ2n) is 8.59. The summed E-state index contributed by atoms with van der Waals surface area (Å²) in [7, 11) is -3.64. The zero-order valence-electron chi connectivity index (χ0n) is 21.0. The van der Waals surface area contributed by atoms with E-state index in [1.165, 1.54) is 9.21 Å². The predicted molar refractivity (Wildman–Crippen MR) is 144 cm³/mol. The van der Waals surface area contributed by atoms with Gasteiger partial charge in [0.25, 0.3) is 0 Å². The number of fused-ring (bicyclic) bond motifs is 1. The van der Waals surface area contributed by atoms with Crippen molar-refractivity contribution in [1.82, 2.24) is 10.2 Å². The van der Waals surface area contributed by atoms with Gasteiger partial charge in [0.1, 0.15) is 19.3 Å². The van der Waals surface area contributed by atoms with E-state index in [0.29, 0.717) is 52.6 Å². The number of nitrogens with zero attached hydrogens (tertiary/aromatic N) is 2. The van der Waals surface area contributed by atoms with Crippen molar-refractivity contribution in [2.45, 2.75) is 39.3 Å². The normalized spacial score (nSPS) is 13.5. The molecule has 9 nitrogen and oxygen atoms in total. The van der Waals surface area contributed by atoms with Crippen LogP contribution in [0.3, 0.4) is 0 Å². The Kier molecular flexibility index (Phi) is 9.92. The van der Waals surface area contributed by atoms with Gasteiger partial charge >= 0.3 is 0 Å². The largest absolute Gasteiger partial charge is 0.486 e. The molecule has 2 aromatic carbocycles. The van der Waals surface area contributed by atoms with Crippen LogP contribution in [-0.2, 0) is 26.2 Å². The van der Waals surface area contributed by atoms with Crippen LogP contribution in [0.4, 0.5) is 5.69 Å². The second kappa shape index (κ2) is 12.7. The first-order valence-electron chi connectivity index (χ1n) is 11.9. The SMILES string of the molecule is CCNC(=O)[C@H](C)N(Cc1ccc(Cl)cc1Cl)C(=O)CCCN(c1ccc2c(c1)OCCO2)S(C)(=O)=O. The Morgan fingerprint density at radius 1 is 1.08 bits per heavy atom. The number of anilines is 1. The average molecular weight is 573 g/mol. The molecule has 0 radical (unpaired) electrons.